The number of hydrogen-bond donors (Lipinski definition) is 0. The maximum absolute atomic E-state index is 11.5. The fraction of sp³-hybridized carbons (Fsp3) is 0.600. The van der Waals surface area contributed by atoms with E-state index in [9.17, 15) is 13.0 Å². The number of aryl methyl sites for hydroxylation is 1. The maximum atomic E-state index is 11.5. The first kappa shape index (κ1) is 28.4. The van der Waals surface area contributed by atoms with Gasteiger partial charge in [-0.05, 0) is 36.6 Å². The number of unbranched alkanes of at least 4 members (excludes halogenated alkanes) is 11. The van der Waals surface area contributed by atoms with E-state index in [1.165, 1.54) is 76.7 Å². The average Bonchev–Trinajstić information content (AvgIpc) is 2.72. The molecule has 0 aliphatic rings. The van der Waals surface area contributed by atoms with E-state index in [1.807, 2.05) is 12.1 Å². The van der Waals surface area contributed by atoms with Crippen LogP contribution in [0.5, 0.6) is 5.75 Å². The number of hydrogen-bond acceptors (Lipinski definition) is 4. The molecular weight excluding hydrogens is 419 g/mol. The van der Waals surface area contributed by atoms with Crippen molar-refractivity contribution in [2.75, 3.05) is 7.11 Å². The van der Waals surface area contributed by atoms with Crippen LogP contribution in [-0.4, -0.2) is 20.1 Å². The van der Waals surface area contributed by atoms with Gasteiger partial charge in [-0.3, -0.25) is 0 Å². The molecule has 0 radical (unpaired) electrons. The van der Waals surface area contributed by atoms with Crippen molar-refractivity contribution in [2.45, 2.75) is 95.3 Å². The molecule has 6 heteroatoms. The normalized spacial score (nSPS) is 11.5. The average molecular weight is 457 g/mol. The Kier molecular flexibility index (Phi) is 14.0. The van der Waals surface area contributed by atoms with Gasteiger partial charge in [0.05, 0.1) is 12.0 Å². The first-order valence-electron chi connectivity index (χ1n) is 11.5. The van der Waals surface area contributed by atoms with E-state index in [-0.39, 0.29) is 34.5 Å². The summed E-state index contributed by atoms with van der Waals surface area (Å²) in [7, 11) is -2.96. The van der Waals surface area contributed by atoms with Crippen LogP contribution in [0.15, 0.2) is 35.2 Å². The number of methoxy groups -OCH3 is 1. The van der Waals surface area contributed by atoms with Crippen LogP contribution in [0.4, 0.5) is 0 Å². The molecule has 0 unspecified atom stereocenters. The summed E-state index contributed by atoms with van der Waals surface area (Å²) in [4.78, 5) is -0.185. The molecule has 0 heterocycles. The van der Waals surface area contributed by atoms with E-state index in [2.05, 4.69) is 6.92 Å². The second kappa shape index (κ2) is 15.3. The first-order valence-corrected chi connectivity index (χ1v) is 12.9. The van der Waals surface area contributed by atoms with Gasteiger partial charge in [-0.1, -0.05) is 89.7 Å². The number of ether oxygens (including phenoxy) is 1. The summed E-state index contributed by atoms with van der Waals surface area (Å²) in [5.74, 6) is 0.592. The summed E-state index contributed by atoms with van der Waals surface area (Å²) in [5, 5.41) is 1.12. The number of fused-ring (bicyclic) bond motifs is 1. The molecule has 0 bridgehead atoms. The number of rotatable bonds is 15. The van der Waals surface area contributed by atoms with E-state index >= 15 is 0 Å². The maximum Gasteiger partial charge on any atom is 1.00 e. The van der Waals surface area contributed by atoms with Crippen LogP contribution in [0.1, 0.15) is 89.5 Å². The Bertz CT molecular complexity index is 880. The van der Waals surface area contributed by atoms with Gasteiger partial charge in [-0.2, -0.15) is 0 Å². The molecule has 0 saturated carbocycles. The molecule has 2 aromatic rings. The predicted octanol–water partition coefficient (Wildman–Crippen LogP) is 4.00. The third kappa shape index (κ3) is 9.83. The molecule has 0 N–H and O–H groups in total. The molecular formula is C25H37NaO4S. The Morgan fingerprint density at radius 2 is 1.32 bits per heavy atom. The van der Waals surface area contributed by atoms with Gasteiger partial charge < -0.3 is 9.29 Å². The van der Waals surface area contributed by atoms with Crippen LogP contribution in [-0.2, 0) is 16.5 Å². The Labute approximate surface area is 211 Å². The SMILES string of the molecule is CCCCCCCCCCCCCCc1ccc2c(S(=O)(=O)[O-])ccc(OC)c2c1.[Na+]. The van der Waals surface area contributed by atoms with Crippen molar-refractivity contribution >= 4 is 20.9 Å². The monoisotopic (exact) mass is 456 g/mol. The molecule has 4 nitrogen and oxygen atoms in total. The van der Waals surface area contributed by atoms with Gasteiger partial charge in [-0.25, -0.2) is 8.42 Å². The van der Waals surface area contributed by atoms with Crippen molar-refractivity contribution in [3.63, 3.8) is 0 Å². The van der Waals surface area contributed by atoms with Gasteiger partial charge in [0.2, 0.25) is 0 Å². The van der Waals surface area contributed by atoms with Crippen molar-refractivity contribution in [3.05, 3.63) is 35.9 Å². The van der Waals surface area contributed by atoms with Gasteiger partial charge in [-0.15, -0.1) is 0 Å². The van der Waals surface area contributed by atoms with Crippen molar-refractivity contribution in [1.29, 1.82) is 0 Å². The fourth-order valence-corrected chi connectivity index (χ4v) is 4.74. The van der Waals surface area contributed by atoms with E-state index in [1.54, 1.807) is 19.2 Å². The molecule has 0 aromatic heterocycles. The summed E-state index contributed by atoms with van der Waals surface area (Å²) >= 11 is 0. The molecule has 2 rings (SSSR count). The molecule has 0 atom stereocenters. The quantitative estimate of drug-likeness (QED) is 0.231. The van der Waals surface area contributed by atoms with Crippen LogP contribution in [0, 0.1) is 0 Å². The van der Waals surface area contributed by atoms with Gasteiger partial charge in [0.15, 0.2) is 0 Å². The van der Waals surface area contributed by atoms with Crippen molar-refractivity contribution in [3.8, 4) is 5.75 Å². The molecule has 2 aromatic carbocycles. The van der Waals surface area contributed by atoms with Gasteiger partial charge in [0.25, 0.3) is 0 Å². The zero-order valence-electron chi connectivity index (χ0n) is 19.6. The molecule has 0 aliphatic carbocycles. The molecule has 0 spiro atoms. The summed E-state index contributed by atoms with van der Waals surface area (Å²) in [6, 6.07) is 8.50. The van der Waals surface area contributed by atoms with Crippen LogP contribution >= 0.6 is 0 Å². The number of benzene rings is 2. The smallest absolute Gasteiger partial charge is 0.744 e. The summed E-state index contributed by atoms with van der Waals surface area (Å²) in [6.45, 7) is 2.26. The summed E-state index contributed by atoms with van der Waals surface area (Å²) in [6.07, 6.45) is 16.8. The summed E-state index contributed by atoms with van der Waals surface area (Å²) in [5.41, 5.74) is 1.15. The summed E-state index contributed by atoms with van der Waals surface area (Å²) < 4.78 is 40.0. The minimum atomic E-state index is -4.51. The van der Waals surface area contributed by atoms with Crippen LogP contribution in [0.3, 0.4) is 0 Å². The standard InChI is InChI=1S/C25H38O4S.Na/c1-3-4-5-6-7-8-9-10-11-12-13-14-15-21-16-17-22-23(20-21)24(29-2)18-19-25(22)30(26,27)28;/h16-20H,3-15H2,1-2H3,(H,26,27,28);/q;+1/p-1. The third-order valence-electron chi connectivity index (χ3n) is 5.81. The molecule has 0 amide bonds. The fourth-order valence-electron chi connectivity index (χ4n) is 4.06. The largest absolute Gasteiger partial charge is 1.00 e. The van der Waals surface area contributed by atoms with Gasteiger partial charge in [0.1, 0.15) is 15.9 Å². The molecule has 0 aliphatic heterocycles. The second-order valence-electron chi connectivity index (χ2n) is 8.24. The zero-order valence-corrected chi connectivity index (χ0v) is 22.4. The molecule has 168 valence electrons. The molecule has 0 saturated heterocycles. The van der Waals surface area contributed by atoms with E-state index in [4.69, 9.17) is 4.74 Å². The molecule has 31 heavy (non-hydrogen) atoms. The Hall–Kier alpha value is -0.590. The second-order valence-corrected chi connectivity index (χ2v) is 9.59. The zero-order chi connectivity index (χ0) is 21.8. The predicted molar refractivity (Wildman–Crippen MR) is 123 cm³/mol. The van der Waals surface area contributed by atoms with Gasteiger partial charge in [0, 0.05) is 10.8 Å². The Morgan fingerprint density at radius 3 is 1.84 bits per heavy atom. The van der Waals surface area contributed by atoms with Gasteiger partial charge >= 0.3 is 29.6 Å². The topological polar surface area (TPSA) is 66.4 Å². The van der Waals surface area contributed by atoms with Crippen molar-refractivity contribution < 1.29 is 47.3 Å². The first-order chi connectivity index (χ1) is 14.5. The van der Waals surface area contributed by atoms with Crippen molar-refractivity contribution in [1.82, 2.24) is 0 Å². The van der Waals surface area contributed by atoms with Crippen LogP contribution in [0.25, 0.3) is 10.8 Å². The van der Waals surface area contributed by atoms with Crippen LogP contribution in [0.2, 0.25) is 0 Å². The minimum absolute atomic E-state index is 0. The van der Waals surface area contributed by atoms with E-state index in [0.29, 0.717) is 16.5 Å². The van der Waals surface area contributed by atoms with E-state index < -0.39 is 10.1 Å². The minimum Gasteiger partial charge on any atom is -0.744 e. The Balaban J connectivity index is 0.00000480. The van der Waals surface area contributed by atoms with Crippen molar-refractivity contribution in [2.24, 2.45) is 0 Å². The third-order valence-corrected chi connectivity index (χ3v) is 6.70. The molecule has 0 fully saturated rings. The Morgan fingerprint density at radius 1 is 0.774 bits per heavy atom. The van der Waals surface area contributed by atoms with E-state index in [0.717, 1.165) is 18.4 Å². The van der Waals surface area contributed by atoms with Crippen LogP contribution < -0.4 is 34.3 Å².